The zero-order valence-electron chi connectivity index (χ0n) is 24.6. The van der Waals surface area contributed by atoms with Gasteiger partial charge < -0.3 is 20.1 Å². The van der Waals surface area contributed by atoms with Crippen LogP contribution >= 0.6 is 11.3 Å². The van der Waals surface area contributed by atoms with E-state index in [2.05, 4.69) is 15.6 Å². The fourth-order valence-electron chi connectivity index (χ4n) is 4.64. The van der Waals surface area contributed by atoms with Crippen LogP contribution in [0.3, 0.4) is 0 Å². The molecule has 8 nitrogen and oxygen atoms in total. The monoisotopic (exact) mass is 621 g/mol. The minimum absolute atomic E-state index is 0.0258. The van der Waals surface area contributed by atoms with Crippen molar-refractivity contribution in [1.82, 2.24) is 14.9 Å². The molecule has 1 aliphatic carbocycles. The van der Waals surface area contributed by atoms with E-state index in [0.717, 1.165) is 34.9 Å². The first-order valence-corrected chi connectivity index (χ1v) is 14.9. The molecule has 0 aliphatic heterocycles. The summed E-state index contributed by atoms with van der Waals surface area (Å²) in [5, 5.41) is 7.03. The second kappa shape index (κ2) is 12.9. The molecule has 0 saturated heterocycles. The summed E-state index contributed by atoms with van der Waals surface area (Å²) in [4.78, 5) is 44.1. The Morgan fingerprint density at radius 2 is 1.74 bits per heavy atom. The number of aryl methyl sites for hydroxylation is 1. The fourth-order valence-corrected chi connectivity index (χ4v) is 5.38. The molecule has 0 radical (unpaired) electrons. The van der Waals surface area contributed by atoms with Crippen LogP contribution in [-0.4, -0.2) is 41.0 Å². The van der Waals surface area contributed by atoms with Gasteiger partial charge in [-0.2, -0.15) is 13.2 Å². The molecule has 2 N–H and O–H groups in total. The highest BCUT2D eigenvalue weighted by Gasteiger charge is 2.36. The summed E-state index contributed by atoms with van der Waals surface area (Å²) < 4.78 is 58.1. The van der Waals surface area contributed by atoms with Gasteiger partial charge in [0.2, 0.25) is 0 Å². The number of pyridine rings is 1. The molecule has 0 bridgehead atoms. The SMILES string of the molecule is CC(C)CN(CC(C)C)c1cc(F)c(-c2csc(C(=O)NCC3CC3)n2)cc1NC(=O)c1cn(C)c(=O)cc1C(F)(F)F. The average molecular weight is 622 g/mol. The number of carbonyl (C=O) groups excluding carboxylic acids is 2. The van der Waals surface area contributed by atoms with E-state index in [1.165, 1.54) is 24.6 Å². The van der Waals surface area contributed by atoms with Crippen LogP contribution in [-0.2, 0) is 13.2 Å². The third-order valence-corrected chi connectivity index (χ3v) is 7.69. The summed E-state index contributed by atoms with van der Waals surface area (Å²) in [6.45, 7) is 9.40. The Morgan fingerprint density at radius 1 is 1.09 bits per heavy atom. The maximum absolute atomic E-state index is 15.7. The first-order valence-electron chi connectivity index (χ1n) is 14.1. The number of amides is 2. The lowest BCUT2D eigenvalue weighted by Gasteiger charge is -2.31. The van der Waals surface area contributed by atoms with E-state index in [1.54, 1.807) is 0 Å². The van der Waals surface area contributed by atoms with Crippen molar-refractivity contribution in [3.8, 4) is 11.3 Å². The molecule has 2 aromatic heterocycles. The number of thiazole rings is 1. The topological polar surface area (TPSA) is 96.3 Å². The summed E-state index contributed by atoms with van der Waals surface area (Å²) in [7, 11) is 1.24. The van der Waals surface area contributed by atoms with Crippen molar-refractivity contribution < 1.29 is 27.2 Å². The Balaban J connectivity index is 1.78. The summed E-state index contributed by atoms with van der Waals surface area (Å²) in [5.41, 5.74) is -2.58. The number of nitrogens with zero attached hydrogens (tertiary/aromatic N) is 3. The van der Waals surface area contributed by atoms with E-state index in [1.807, 2.05) is 32.6 Å². The van der Waals surface area contributed by atoms with Crippen molar-refractivity contribution in [2.24, 2.45) is 24.8 Å². The normalized spacial score (nSPS) is 13.5. The van der Waals surface area contributed by atoms with Crippen molar-refractivity contribution in [2.45, 2.75) is 46.7 Å². The van der Waals surface area contributed by atoms with Crippen LogP contribution in [0.15, 0.2) is 34.6 Å². The molecule has 13 heteroatoms. The number of aromatic nitrogens is 2. The van der Waals surface area contributed by atoms with Crippen molar-refractivity contribution in [3.05, 3.63) is 62.1 Å². The zero-order valence-corrected chi connectivity index (χ0v) is 25.5. The first-order chi connectivity index (χ1) is 20.1. The minimum Gasteiger partial charge on any atom is -0.369 e. The molecule has 1 aliphatic rings. The van der Waals surface area contributed by atoms with E-state index >= 15 is 4.39 Å². The van der Waals surface area contributed by atoms with Gasteiger partial charge in [0.15, 0.2) is 5.01 Å². The lowest BCUT2D eigenvalue weighted by molar-refractivity contribution is -0.138. The number of carbonyl (C=O) groups is 2. The van der Waals surface area contributed by atoms with Crippen LogP contribution in [0.1, 0.15) is 66.3 Å². The predicted octanol–water partition coefficient (Wildman–Crippen LogP) is 6.18. The van der Waals surface area contributed by atoms with Crippen molar-refractivity contribution in [1.29, 1.82) is 0 Å². The molecule has 0 spiro atoms. The lowest BCUT2D eigenvalue weighted by atomic mass is 10.0. The molecular formula is C30H35F4N5O3S. The minimum atomic E-state index is -4.96. The quantitative estimate of drug-likeness (QED) is 0.250. The van der Waals surface area contributed by atoms with Crippen LogP contribution in [0.25, 0.3) is 11.3 Å². The van der Waals surface area contributed by atoms with Gasteiger partial charge in [-0.25, -0.2) is 9.37 Å². The average Bonchev–Trinajstić information content (AvgIpc) is 3.61. The summed E-state index contributed by atoms with van der Waals surface area (Å²) in [5.74, 6) is -1.42. The molecule has 232 valence electrons. The van der Waals surface area contributed by atoms with Crippen LogP contribution in [0.5, 0.6) is 0 Å². The van der Waals surface area contributed by atoms with E-state index in [0.29, 0.717) is 31.6 Å². The maximum atomic E-state index is 15.7. The molecule has 3 aromatic rings. The molecule has 2 amide bonds. The summed E-state index contributed by atoms with van der Waals surface area (Å²) in [6.07, 6.45) is -2.01. The van der Waals surface area contributed by atoms with Crippen LogP contribution in [0.2, 0.25) is 0 Å². The molecule has 43 heavy (non-hydrogen) atoms. The Morgan fingerprint density at radius 3 is 2.33 bits per heavy atom. The van der Waals surface area contributed by atoms with Gasteiger partial charge >= 0.3 is 6.18 Å². The predicted molar refractivity (Wildman–Crippen MR) is 159 cm³/mol. The van der Waals surface area contributed by atoms with Gasteiger partial charge in [0.05, 0.1) is 28.2 Å². The van der Waals surface area contributed by atoms with Crippen LogP contribution < -0.4 is 21.1 Å². The second-order valence-corrected chi connectivity index (χ2v) is 12.6. The lowest BCUT2D eigenvalue weighted by Crippen LogP contribution is -2.32. The van der Waals surface area contributed by atoms with Gasteiger partial charge in [0, 0.05) is 49.9 Å². The Hall–Kier alpha value is -3.74. The van der Waals surface area contributed by atoms with E-state index in [-0.39, 0.29) is 45.4 Å². The summed E-state index contributed by atoms with van der Waals surface area (Å²) >= 11 is 1.04. The van der Waals surface area contributed by atoms with Gasteiger partial charge in [0.25, 0.3) is 17.4 Å². The maximum Gasteiger partial charge on any atom is 0.417 e. The van der Waals surface area contributed by atoms with Gasteiger partial charge in [-0.1, -0.05) is 27.7 Å². The van der Waals surface area contributed by atoms with Crippen molar-refractivity contribution in [2.75, 3.05) is 29.9 Å². The second-order valence-electron chi connectivity index (χ2n) is 11.7. The zero-order chi connectivity index (χ0) is 31.6. The smallest absolute Gasteiger partial charge is 0.369 e. The highest BCUT2D eigenvalue weighted by atomic mass is 32.1. The highest BCUT2D eigenvalue weighted by molar-refractivity contribution is 7.12. The molecule has 0 atom stereocenters. The molecule has 2 heterocycles. The van der Waals surface area contributed by atoms with Gasteiger partial charge in [-0.05, 0) is 42.7 Å². The number of anilines is 2. The first kappa shape index (κ1) is 32.2. The third kappa shape index (κ3) is 8.01. The van der Waals surface area contributed by atoms with E-state index in [9.17, 15) is 27.6 Å². The molecule has 1 saturated carbocycles. The largest absolute Gasteiger partial charge is 0.417 e. The van der Waals surface area contributed by atoms with Gasteiger partial charge in [-0.3, -0.25) is 14.4 Å². The highest BCUT2D eigenvalue weighted by Crippen LogP contribution is 2.37. The van der Waals surface area contributed by atoms with Crippen molar-refractivity contribution >= 4 is 34.5 Å². The molecular weight excluding hydrogens is 586 g/mol. The molecule has 1 fully saturated rings. The van der Waals surface area contributed by atoms with Gasteiger partial charge in [-0.15, -0.1) is 11.3 Å². The van der Waals surface area contributed by atoms with E-state index < -0.39 is 34.6 Å². The molecule has 1 aromatic carbocycles. The number of alkyl halides is 3. The number of halogens is 4. The molecule has 4 rings (SSSR count). The Labute approximate surface area is 251 Å². The third-order valence-electron chi connectivity index (χ3n) is 6.85. The fraction of sp³-hybridized carbons (Fsp3) is 0.467. The Kier molecular flexibility index (Phi) is 9.63. The van der Waals surface area contributed by atoms with E-state index in [4.69, 9.17) is 0 Å². The number of nitrogens with one attached hydrogen (secondary N) is 2. The van der Waals surface area contributed by atoms with Crippen LogP contribution in [0.4, 0.5) is 28.9 Å². The van der Waals surface area contributed by atoms with Gasteiger partial charge in [0.1, 0.15) is 5.82 Å². The number of hydrogen-bond acceptors (Lipinski definition) is 6. The standard InChI is InChI=1S/C30H35F4N5O3S/c1-16(2)12-39(13-17(3)4)25-10-22(31)19(24-15-43-29(37-24)28(42)35-11-18-6-7-18)8-23(25)36-27(41)20-14-38(5)26(40)9-21(20)30(32,33)34/h8-10,14-18H,6-7,11-13H2,1-5H3,(H,35,42)(H,36,41). The summed E-state index contributed by atoms with van der Waals surface area (Å²) in [6, 6.07) is 2.93. The number of rotatable bonds is 11. The number of hydrogen-bond donors (Lipinski definition) is 2. The van der Waals surface area contributed by atoms with Crippen LogP contribution in [0, 0.1) is 23.6 Å². The Bertz CT molecular complexity index is 1550. The van der Waals surface area contributed by atoms with Crippen molar-refractivity contribution in [3.63, 3.8) is 0 Å². The molecule has 0 unspecified atom stereocenters. The number of benzene rings is 1.